The SMILES string of the molecule is OCCc1ccc2c(c1)nc(-c1ccc(Cl)cc1)n2-c1ccccc1. The lowest BCUT2D eigenvalue weighted by molar-refractivity contribution is 0.299. The second kappa shape index (κ2) is 6.71. The van der Waals surface area contributed by atoms with Crippen LogP contribution in [0.4, 0.5) is 0 Å². The highest BCUT2D eigenvalue weighted by Gasteiger charge is 2.14. The van der Waals surface area contributed by atoms with E-state index in [9.17, 15) is 5.11 Å². The van der Waals surface area contributed by atoms with Gasteiger partial charge in [-0.05, 0) is 60.5 Å². The maximum Gasteiger partial charge on any atom is 0.145 e. The number of aliphatic hydroxyl groups excluding tert-OH is 1. The third kappa shape index (κ3) is 3.04. The topological polar surface area (TPSA) is 38.1 Å². The van der Waals surface area contributed by atoms with Crippen molar-refractivity contribution in [3.05, 3.63) is 83.4 Å². The number of benzene rings is 3. The van der Waals surface area contributed by atoms with E-state index in [4.69, 9.17) is 16.6 Å². The van der Waals surface area contributed by atoms with Crippen molar-refractivity contribution >= 4 is 22.6 Å². The first-order valence-electron chi connectivity index (χ1n) is 8.20. The van der Waals surface area contributed by atoms with Crippen LogP contribution in [-0.2, 0) is 6.42 Å². The van der Waals surface area contributed by atoms with Crippen LogP contribution in [-0.4, -0.2) is 21.3 Å². The number of hydrogen-bond acceptors (Lipinski definition) is 2. The van der Waals surface area contributed by atoms with Gasteiger partial charge >= 0.3 is 0 Å². The predicted molar refractivity (Wildman–Crippen MR) is 102 cm³/mol. The molecule has 4 heteroatoms. The summed E-state index contributed by atoms with van der Waals surface area (Å²) >= 11 is 6.04. The largest absolute Gasteiger partial charge is 0.396 e. The van der Waals surface area contributed by atoms with Crippen LogP contribution in [0.25, 0.3) is 28.1 Å². The summed E-state index contributed by atoms with van der Waals surface area (Å²) in [6.07, 6.45) is 0.629. The molecule has 4 aromatic rings. The monoisotopic (exact) mass is 348 g/mol. The smallest absolute Gasteiger partial charge is 0.145 e. The molecule has 3 aromatic carbocycles. The molecular formula is C21H17ClN2O. The Kier molecular flexibility index (Phi) is 4.26. The third-order valence-electron chi connectivity index (χ3n) is 4.24. The standard InChI is InChI=1S/C21H17ClN2O/c22-17-9-7-16(8-10-17)21-23-19-14-15(12-13-25)6-11-20(19)24(21)18-4-2-1-3-5-18/h1-11,14,25H,12-13H2. The Labute approximate surface area is 151 Å². The van der Waals surface area contributed by atoms with Gasteiger partial charge in [-0.2, -0.15) is 0 Å². The van der Waals surface area contributed by atoms with Crippen LogP contribution in [0.5, 0.6) is 0 Å². The summed E-state index contributed by atoms with van der Waals surface area (Å²) in [7, 11) is 0. The van der Waals surface area contributed by atoms with Crippen molar-refractivity contribution in [2.24, 2.45) is 0 Å². The van der Waals surface area contributed by atoms with Crippen molar-refractivity contribution in [3.8, 4) is 17.1 Å². The minimum atomic E-state index is 0.134. The number of hydrogen-bond donors (Lipinski definition) is 1. The zero-order valence-electron chi connectivity index (χ0n) is 13.6. The van der Waals surface area contributed by atoms with Crippen molar-refractivity contribution in [1.29, 1.82) is 0 Å². The van der Waals surface area contributed by atoms with Crippen LogP contribution in [0.1, 0.15) is 5.56 Å². The molecule has 0 aliphatic carbocycles. The number of fused-ring (bicyclic) bond motifs is 1. The van der Waals surface area contributed by atoms with Gasteiger partial charge in [-0.25, -0.2) is 4.98 Å². The van der Waals surface area contributed by atoms with Gasteiger partial charge in [0.2, 0.25) is 0 Å². The molecule has 0 radical (unpaired) electrons. The number of aliphatic hydroxyl groups is 1. The molecule has 4 rings (SSSR count). The second-order valence-corrected chi connectivity index (χ2v) is 6.35. The summed E-state index contributed by atoms with van der Waals surface area (Å²) in [5, 5.41) is 9.90. The van der Waals surface area contributed by atoms with Gasteiger partial charge in [0.1, 0.15) is 5.82 Å². The maximum absolute atomic E-state index is 9.20. The fourth-order valence-electron chi connectivity index (χ4n) is 3.04. The van der Waals surface area contributed by atoms with Gasteiger partial charge in [0, 0.05) is 22.9 Å². The quantitative estimate of drug-likeness (QED) is 0.570. The molecule has 0 saturated carbocycles. The van der Waals surface area contributed by atoms with Gasteiger partial charge in [0.25, 0.3) is 0 Å². The highest BCUT2D eigenvalue weighted by molar-refractivity contribution is 6.30. The number of para-hydroxylation sites is 1. The molecule has 0 saturated heterocycles. The highest BCUT2D eigenvalue weighted by Crippen LogP contribution is 2.29. The minimum absolute atomic E-state index is 0.134. The molecule has 0 atom stereocenters. The first kappa shape index (κ1) is 15.9. The molecule has 0 aliphatic heterocycles. The molecule has 0 spiro atoms. The Morgan fingerprint density at radius 2 is 1.68 bits per heavy atom. The van der Waals surface area contributed by atoms with E-state index < -0.39 is 0 Å². The molecule has 1 heterocycles. The van der Waals surface area contributed by atoms with Crippen molar-refractivity contribution in [1.82, 2.24) is 9.55 Å². The molecular weight excluding hydrogens is 332 g/mol. The van der Waals surface area contributed by atoms with Crippen molar-refractivity contribution in [3.63, 3.8) is 0 Å². The molecule has 3 nitrogen and oxygen atoms in total. The Hall–Kier alpha value is -2.62. The summed E-state index contributed by atoms with van der Waals surface area (Å²) in [6.45, 7) is 0.134. The van der Waals surface area contributed by atoms with E-state index in [1.807, 2.05) is 54.6 Å². The molecule has 0 bridgehead atoms. The number of halogens is 1. The Morgan fingerprint density at radius 1 is 0.920 bits per heavy atom. The van der Waals surface area contributed by atoms with E-state index in [0.29, 0.717) is 11.4 Å². The van der Waals surface area contributed by atoms with Crippen LogP contribution in [0.2, 0.25) is 5.02 Å². The van der Waals surface area contributed by atoms with E-state index in [2.05, 4.69) is 22.8 Å². The Morgan fingerprint density at radius 3 is 2.40 bits per heavy atom. The van der Waals surface area contributed by atoms with Crippen LogP contribution in [0.15, 0.2) is 72.8 Å². The summed E-state index contributed by atoms with van der Waals surface area (Å²) in [4.78, 5) is 4.87. The van der Waals surface area contributed by atoms with Crippen LogP contribution >= 0.6 is 11.6 Å². The zero-order valence-corrected chi connectivity index (χ0v) is 14.3. The summed E-state index contributed by atoms with van der Waals surface area (Å²) < 4.78 is 2.15. The van der Waals surface area contributed by atoms with Gasteiger partial charge in [0.15, 0.2) is 0 Å². The average Bonchev–Trinajstić information content (AvgIpc) is 3.02. The average molecular weight is 349 g/mol. The van der Waals surface area contributed by atoms with E-state index in [1.165, 1.54) is 0 Å². The number of rotatable bonds is 4. The van der Waals surface area contributed by atoms with Crippen LogP contribution < -0.4 is 0 Å². The van der Waals surface area contributed by atoms with Crippen LogP contribution in [0, 0.1) is 0 Å². The van der Waals surface area contributed by atoms with Crippen LogP contribution in [0.3, 0.4) is 0 Å². The lowest BCUT2D eigenvalue weighted by Crippen LogP contribution is -1.97. The fourth-order valence-corrected chi connectivity index (χ4v) is 3.17. The first-order chi connectivity index (χ1) is 12.3. The normalized spacial score (nSPS) is 11.1. The number of nitrogens with zero attached hydrogens (tertiary/aromatic N) is 2. The minimum Gasteiger partial charge on any atom is -0.396 e. The second-order valence-electron chi connectivity index (χ2n) is 5.91. The summed E-state index contributed by atoms with van der Waals surface area (Å²) in [5.41, 5.74) is 5.10. The van der Waals surface area contributed by atoms with E-state index in [1.54, 1.807) is 0 Å². The molecule has 0 amide bonds. The van der Waals surface area contributed by atoms with Crippen molar-refractivity contribution in [2.75, 3.05) is 6.61 Å². The molecule has 0 unspecified atom stereocenters. The lowest BCUT2D eigenvalue weighted by atomic mass is 10.1. The van der Waals surface area contributed by atoms with E-state index in [-0.39, 0.29) is 6.61 Å². The number of imidazole rings is 1. The Balaban J connectivity index is 1.98. The van der Waals surface area contributed by atoms with Gasteiger partial charge in [-0.15, -0.1) is 0 Å². The number of aromatic nitrogens is 2. The maximum atomic E-state index is 9.20. The van der Waals surface area contributed by atoms with Gasteiger partial charge in [-0.1, -0.05) is 35.9 Å². The zero-order chi connectivity index (χ0) is 17.2. The fraction of sp³-hybridized carbons (Fsp3) is 0.0952. The molecule has 124 valence electrons. The molecule has 1 N–H and O–H groups in total. The molecule has 0 aliphatic rings. The van der Waals surface area contributed by atoms with Gasteiger partial charge < -0.3 is 5.11 Å². The van der Waals surface area contributed by atoms with Gasteiger partial charge in [-0.3, -0.25) is 4.57 Å². The van der Waals surface area contributed by atoms with Gasteiger partial charge in [0.05, 0.1) is 11.0 Å². The first-order valence-corrected chi connectivity index (χ1v) is 8.57. The van der Waals surface area contributed by atoms with E-state index in [0.717, 1.165) is 33.7 Å². The summed E-state index contributed by atoms with van der Waals surface area (Å²) in [5.74, 6) is 0.874. The predicted octanol–water partition coefficient (Wildman–Crippen LogP) is 4.88. The van der Waals surface area contributed by atoms with Crippen molar-refractivity contribution in [2.45, 2.75) is 6.42 Å². The molecule has 1 aromatic heterocycles. The lowest BCUT2D eigenvalue weighted by Gasteiger charge is -2.09. The van der Waals surface area contributed by atoms with Crippen molar-refractivity contribution < 1.29 is 5.11 Å². The molecule has 25 heavy (non-hydrogen) atoms. The Bertz CT molecular complexity index is 1010. The third-order valence-corrected chi connectivity index (χ3v) is 4.49. The highest BCUT2D eigenvalue weighted by atomic mass is 35.5. The molecule has 0 fully saturated rings. The van der Waals surface area contributed by atoms with E-state index >= 15 is 0 Å². The summed E-state index contributed by atoms with van der Waals surface area (Å²) in [6, 6.07) is 24.1.